The van der Waals surface area contributed by atoms with Crippen LogP contribution in [0.1, 0.15) is 151 Å². The van der Waals surface area contributed by atoms with Crippen LogP contribution in [0.2, 0.25) is 0 Å². The Bertz CT molecular complexity index is 4250. The molecule has 0 unspecified atom stereocenters. The quantitative estimate of drug-likeness (QED) is 0.0166. The minimum atomic E-state index is -1.79. The number of carbonyl (C=O) groups is 19. The molecule has 0 bridgehead atoms. The number of primary amides is 1. The van der Waals surface area contributed by atoms with E-state index in [9.17, 15) is 122 Å². The zero-order chi connectivity index (χ0) is 95.7. The Kier molecular flexibility index (Phi) is 42.3. The third kappa shape index (κ3) is 32.9. The maximum Gasteiger partial charge on any atom is 0.328 e. The average Bonchev–Trinajstić information content (AvgIpc) is 1.49. The van der Waals surface area contributed by atoms with Crippen LogP contribution in [0.15, 0.2) is 36.8 Å². The molecule has 3 aliphatic rings. The van der Waals surface area contributed by atoms with Crippen molar-refractivity contribution >= 4 is 118 Å². The van der Waals surface area contributed by atoms with E-state index in [-0.39, 0.29) is 120 Å². The highest BCUT2D eigenvalue weighted by Crippen LogP contribution is 2.25. The second-order valence-corrected chi connectivity index (χ2v) is 33.1. The number of aliphatic carboxylic acids is 2. The molecule has 0 spiro atoms. The third-order valence-corrected chi connectivity index (χ3v) is 21.4. The zero-order valence-electron chi connectivity index (χ0n) is 73.0. The van der Waals surface area contributed by atoms with E-state index in [0.717, 1.165) is 16.7 Å². The molecule has 16 atom stereocenters. The van der Waals surface area contributed by atoms with Gasteiger partial charge in [0.15, 0.2) is 5.96 Å². The molecule has 17 amide bonds. The van der Waals surface area contributed by atoms with E-state index in [1.165, 1.54) is 41.7 Å². The van der Waals surface area contributed by atoms with Crippen molar-refractivity contribution < 1.29 is 122 Å². The number of nitrogens with zero attached hydrogens (tertiary/aromatic N) is 4. The first kappa shape index (κ1) is 106. The van der Waals surface area contributed by atoms with Crippen LogP contribution in [0.25, 0.3) is 0 Å². The van der Waals surface area contributed by atoms with Gasteiger partial charge in [-0.3, -0.25) is 91.7 Å². The summed E-state index contributed by atoms with van der Waals surface area (Å²) in [7, 11) is 0. The first-order chi connectivity index (χ1) is 60.3. The third-order valence-electron chi connectivity index (χ3n) is 21.4. The normalized spacial score (nSPS) is 17.9. The molecule has 1 aromatic carbocycles. The number of rotatable bonds is 51. The van der Waals surface area contributed by atoms with Gasteiger partial charge >= 0.3 is 11.9 Å². The summed E-state index contributed by atoms with van der Waals surface area (Å²) in [5.74, 6) is -21.7. The Morgan fingerprint density at radius 3 is 1.40 bits per heavy atom. The second kappa shape index (κ2) is 51.2. The maximum atomic E-state index is 14.9. The van der Waals surface area contributed by atoms with Crippen LogP contribution in [-0.2, 0) is 104 Å². The number of hydrogen-bond donors (Lipinski definition) is 25. The number of imidazole rings is 1. The van der Waals surface area contributed by atoms with Gasteiger partial charge in [0.1, 0.15) is 90.3 Å². The number of aromatic hydroxyl groups is 1. The van der Waals surface area contributed by atoms with Crippen molar-refractivity contribution in [1.29, 1.82) is 5.41 Å². The lowest BCUT2D eigenvalue weighted by atomic mass is 9.98. The van der Waals surface area contributed by atoms with Crippen molar-refractivity contribution in [2.75, 3.05) is 52.5 Å². The number of phenols is 1. The van der Waals surface area contributed by atoms with Gasteiger partial charge in [-0.15, -0.1) is 0 Å². The number of likely N-dealkylation sites (tertiary alicyclic amines) is 3. The Morgan fingerprint density at radius 1 is 0.492 bits per heavy atom. The lowest BCUT2D eigenvalue weighted by Crippen LogP contribution is -2.62. The maximum absolute atomic E-state index is 14.9. The van der Waals surface area contributed by atoms with Crippen LogP contribution in [0.3, 0.4) is 0 Å². The number of carboxylic acids is 2. The number of amides is 17. The molecular weight excluding hydrogens is 1680 g/mol. The molecule has 2 aromatic rings. The van der Waals surface area contributed by atoms with Gasteiger partial charge in [0, 0.05) is 51.6 Å². The van der Waals surface area contributed by atoms with E-state index < -0.39 is 272 Å². The van der Waals surface area contributed by atoms with E-state index in [4.69, 9.17) is 22.6 Å². The summed E-state index contributed by atoms with van der Waals surface area (Å²) < 4.78 is 0. The topological polar surface area (TPSA) is 754 Å². The Morgan fingerprint density at radius 2 is 0.938 bits per heavy atom. The van der Waals surface area contributed by atoms with Gasteiger partial charge in [0.2, 0.25) is 100 Å². The molecule has 1 aromatic heterocycles. The molecule has 48 heteroatoms. The minimum absolute atomic E-state index is 0.0245. The molecule has 5 rings (SSSR count). The van der Waals surface area contributed by atoms with E-state index in [2.05, 4.69) is 84.4 Å². The fraction of sp³-hybridized carbons (Fsp3) is 0.637. The van der Waals surface area contributed by atoms with Crippen molar-refractivity contribution in [2.45, 2.75) is 249 Å². The Hall–Kier alpha value is -12.7. The number of benzene rings is 1. The SMILES string of the molecule is CC(C)C[C@H](NC(=O)CNC(=O)[C@H](Cc1ccc(O)cc1)NC(=O)[C@@H]1CCCN1C(=O)[C@@H](NC(=O)[C@@H](NC(=O)[C@H](Cc1c[nH]cn1)NC(=O)[C@H](CCC(=O)O)NC(=O)[C@@H]1CCCN1C(=O)[C@@H](NC(=O)[C@H](CC(N)=O)NC(=O)[C@@H](N)C(C)C)[C@@H](C)O)C(C)C)C(C)C)C(=O)NCC(=O)N[C@@H](CO)C(=O)N1CCC[C@H]1C(=O)N[C@@H](CCCNC(=N)N)C(=O)N[C@@H](CO)C(=O)O. The summed E-state index contributed by atoms with van der Waals surface area (Å²) in [6.45, 7) is 10.5. The fourth-order valence-corrected chi connectivity index (χ4v) is 14.4. The molecule has 3 saturated heterocycles. The summed E-state index contributed by atoms with van der Waals surface area (Å²) in [4.78, 5) is 270. The van der Waals surface area contributed by atoms with Gasteiger partial charge in [0.25, 0.3) is 0 Å². The highest BCUT2D eigenvalue weighted by molar-refractivity contribution is 6.02. The van der Waals surface area contributed by atoms with E-state index in [1.807, 2.05) is 0 Å². The molecule has 28 N–H and O–H groups in total. The van der Waals surface area contributed by atoms with Gasteiger partial charge in [-0.05, 0) is 112 Å². The van der Waals surface area contributed by atoms with Crippen LogP contribution in [0, 0.1) is 29.1 Å². The molecule has 0 radical (unpaired) electrons. The van der Waals surface area contributed by atoms with Crippen LogP contribution in [-0.4, -0.2) is 323 Å². The number of nitrogens with two attached hydrogens (primary N) is 3. The Balaban J connectivity index is 1.25. The highest BCUT2D eigenvalue weighted by Gasteiger charge is 2.46. The standard InChI is InChI=1S/C80H125N23O25/c1-38(2)28-48(65(113)87-34-59(110)91-52(35-104)76(124)101-25-11-15-54(101)71(119)92-46(14-10-24-86-80(83)84)67(115)97-53(36-105)79(127)128)90-58(109)33-88-66(114)49(29-43-18-20-45(107)21-19-43)95-73(121)56-17-12-26-102(56)77(125)63(41(7)8)99-75(123)62(40(5)6)98-69(117)50(30-44-32-85-37-89-44)94-68(116)47(22-23-60(111)112)93-72(120)55-16-13-27-103(55)78(126)64(42(9)106)100-70(118)51(31-57(81)108)96-74(122)61(82)39(3)4/h18-21,32,37-42,46-56,61-64,104-107H,10-17,22-31,33-36,82H2,1-9H3,(H2,81,108)(H,85,89)(H,87,113)(H,88,114)(H,90,109)(H,91,110)(H,92,119)(H,93,120)(H,94,116)(H,95,121)(H,96,122)(H,97,115)(H,98,117)(H,99,123)(H,100,118)(H,111,112)(H,127,128)(H4,83,84,86)/t42-,46+,47+,48+,49+,50+,51+,52+,53+,54+,55+,56+,61+,62+,63+,64+/m1/s1. The number of carboxylic acid groups (broad SMARTS) is 2. The molecule has 48 nitrogen and oxygen atoms in total. The van der Waals surface area contributed by atoms with Gasteiger partial charge in [0.05, 0.1) is 56.9 Å². The van der Waals surface area contributed by atoms with E-state index in [0.29, 0.717) is 5.56 Å². The number of carbonyl (C=O) groups excluding carboxylic acids is 17. The lowest BCUT2D eigenvalue weighted by molar-refractivity contribution is -0.145. The minimum Gasteiger partial charge on any atom is -0.508 e. The average molecular weight is 1810 g/mol. The molecule has 3 fully saturated rings. The predicted octanol–water partition coefficient (Wildman–Crippen LogP) is -8.77. The number of aliphatic hydroxyl groups is 3. The number of guanidine groups is 1. The lowest BCUT2D eigenvalue weighted by Gasteiger charge is -2.33. The van der Waals surface area contributed by atoms with Crippen molar-refractivity contribution in [3.8, 4) is 5.75 Å². The second-order valence-electron chi connectivity index (χ2n) is 33.1. The Labute approximate surface area is 737 Å². The number of aliphatic hydroxyl groups excluding tert-OH is 3. The molecule has 0 saturated carbocycles. The summed E-state index contributed by atoms with van der Waals surface area (Å²) in [5.41, 5.74) is 17.3. The molecule has 0 aliphatic carbocycles. The summed E-state index contributed by atoms with van der Waals surface area (Å²) >= 11 is 0. The van der Waals surface area contributed by atoms with Gasteiger partial charge in [-0.2, -0.15) is 0 Å². The van der Waals surface area contributed by atoms with E-state index in [1.54, 1.807) is 55.4 Å². The molecule has 3 aliphatic heterocycles. The smallest absolute Gasteiger partial charge is 0.328 e. The number of H-pyrrole nitrogens is 1. The fourth-order valence-electron chi connectivity index (χ4n) is 14.4. The molecule has 4 heterocycles. The predicted molar refractivity (Wildman–Crippen MR) is 451 cm³/mol. The monoisotopic (exact) mass is 1810 g/mol. The molecule has 710 valence electrons. The first-order valence-corrected chi connectivity index (χ1v) is 42.3. The van der Waals surface area contributed by atoms with Crippen molar-refractivity contribution in [3.05, 3.63) is 48.0 Å². The summed E-state index contributed by atoms with van der Waals surface area (Å²) in [6.07, 6.45) is -0.913. The molecule has 128 heavy (non-hydrogen) atoms. The largest absolute Gasteiger partial charge is 0.508 e. The van der Waals surface area contributed by atoms with E-state index >= 15 is 0 Å². The number of hydrogen-bond acceptors (Lipinski definition) is 26. The summed E-state index contributed by atoms with van der Waals surface area (Å²) in [5, 5.41) is 102. The zero-order valence-corrected chi connectivity index (χ0v) is 73.0. The van der Waals surface area contributed by atoms with Gasteiger partial charge in [-0.25, -0.2) is 9.78 Å². The van der Waals surface area contributed by atoms with Crippen LogP contribution < -0.4 is 91.6 Å². The van der Waals surface area contributed by atoms with Gasteiger partial charge in [-0.1, -0.05) is 67.5 Å². The number of phenolic OH excluding ortho intramolecular Hbond substituents is 1. The van der Waals surface area contributed by atoms with Crippen LogP contribution >= 0.6 is 0 Å². The van der Waals surface area contributed by atoms with Gasteiger partial charge < -0.3 is 142 Å². The number of aromatic nitrogens is 2. The molecular formula is C80H125N23O25. The van der Waals surface area contributed by atoms with Crippen molar-refractivity contribution in [2.24, 2.45) is 40.9 Å². The first-order valence-electron chi connectivity index (χ1n) is 42.3. The summed E-state index contributed by atoms with van der Waals surface area (Å²) in [6, 6.07) is -16.8. The highest BCUT2D eigenvalue weighted by atomic mass is 16.4. The number of nitrogens with one attached hydrogen (secondary N) is 16. The van der Waals surface area contributed by atoms with Crippen molar-refractivity contribution in [3.63, 3.8) is 0 Å². The van der Waals surface area contributed by atoms with Crippen LogP contribution in [0.5, 0.6) is 5.75 Å². The number of aromatic amines is 1. The van der Waals surface area contributed by atoms with Crippen LogP contribution in [0.4, 0.5) is 0 Å². The van der Waals surface area contributed by atoms with Crippen molar-refractivity contribution in [1.82, 2.24) is 99.1 Å².